The van der Waals surface area contributed by atoms with Gasteiger partial charge < -0.3 is 20.7 Å². The molecule has 0 spiro atoms. The molecule has 0 bridgehead atoms. The van der Waals surface area contributed by atoms with E-state index >= 15 is 0 Å². The van der Waals surface area contributed by atoms with Crippen LogP contribution in [0.5, 0.6) is 5.75 Å². The molecule has 0 radical (unpaired) electrons. The van der Waals surface area contributed by atoms with Crippen molar-refractivity contribution in [2.24, 2.45) is 4.99 Å². The van der Waals surface area contributed by atoms with Gasteiger partial charge >= 0.3 is 0 Å². The lowest BCUT2D eigenvalue weighted by Gasteiger charge is -2.13. The van der Waals surface area contributed by atoms with E-state index in [9.17, 15) is 9.18 Å². The van der Waals surface area contributed by atoms with Crippen LogP contribution in [0.3, 0.4) is 0 Å². The summed E-state index contributed by atoms with van der Waals surface area (Å²) in [5.41, 5.74) is 1.66. The molecule has 2 rings (SSSR count). The highest BCUT2D eigenvalue weighted by Crippen LogP contribution is 2.13. The van der Waals surface area contributed by atoms with Crippen LogP contribution in [0.4, 0.5) is 4.39 Å². The third-order valence-electron chi connectivity index (χ3n) is 3.97. The topological polar surface area (TPSA) is 74.8 Å². The number of rotatable bonds is 9. The number of hydrogen-bond donors (Lipinski definition) is 3. The van der Waals surface area contributed by atoms with Crippen LogP contribution in [0, 0.1) is 5.82 Å². The number of ether oxygens (including phenoxy) is 1. The number of guanidine groups is 1. The largest absolute Gasteiger partial charge is 0.484 e. The third kappa shape index (κ3) is 7.26. The maximum atomic E-state index is 13.6. The molecule has 0 aliphatic carbocycles. The molecule has 3 N–H and O–H groups in total. The monoisotopic (exact) mass is 386 g/mol. The predicted octanol–water partition coefficient (Wildman–Crippen LogP) is 2.25. The van der Waals surface area contributed by atoms with Crippen molar-refractivity contribution >= 4 is 11.9 Å². The number of carbonyl (C=O) groups excluding carboxylic acids is 1. The number of nitrogens with one attached hydrogen (secondary N) is 3. The molecule has 0 saturated carbocycles. The van der Waals surface area contributed by atoms with Crippen LogP contribution in [0.25, 0.3) is 0 Å². The van der Waals surface area contributed by atoms with Crippen LogP contribution in [0.15, 0.2) is 53.5 Å². The van der Waals surface area contributed by atoms with Gasteiger partial charge in [-0.3, -0.25) is 9.79 Å². The van der Waals surface area contributed by atoms with Crippen molar-refractivity contribution in [1.82, 2.24) is 16.0 Å². The molecule has 0 fully saturated rings. The fraction of sp³-hybridized carbons (Fsp3) is 0.333. The van der Waals surface area contributed by atoms with E-state index in [1.807, 2.05) is 37.3 Å². The van der Waals surface area contributed by atoms with Crippen LogP contribution in [0.2, 0.25) is 0 Å². The zero-order chi connectivity index (χ0) is 20.2. The highest BCUT2D eigenvalue weighted by molar-refractivity contribution is 5.79. The normalized spacial score (nSPS) is 11.0. The zero-order valence-corrected chi connectivity index (χ0v) is 16.3. The summed E-state index contributed by atoms with van der Waals surface area (Å²) < 4.78 is 19.1. The van der Waals surface area contributed by atoms with E-state index in [2.05, 4.69) is 20.9 Å². The molecular weight excluding hydrogens is 359 g/mol. The zero-order valence-electron chi connectivity index (χ0n) is 16.3. The summed E-state index contributed by atoms with van der Waals surface area (Å²) in [5, 5.41) is 9.07. The van der Waals surface area contributed by atoms with Gasteiger partial charge in [0.25, 0.3) is 5.91 Å². The summed E-state index contributed by atoms with van der Waals surface area (Å²) >= 11 is 0. The summed E-state index contributed by atoms with van der Waals surface area (Å²) in [5.74, 6) is 0.917. The van der Waals surface area contributed by atoms with E-state index in [-0.39, 0.29) is 18.3 Å². The van der Waals surface area contributed by atoms with E-state index in [1.54, 1.807) is 19.2 Å². The van der Waals surface area contributed by atoms with Gasteiger partial charge in [-0.25, -0.2) is 4.39 Å². The second kappa shape index (κ2) is 11.6. The molecule has 0 saturated heterocycles. The van der Waals surface area contributed by atoms with Crippen LogP contribution in [-0.4, -0.2) is 38.6 Å². The average molecular weight is 386 g/mol. The van der Waals surface area contributed by atoms with Crippen LogP contribution in [-0.2, 0) is 17.8 Å². The molecular formula is C21H27FN4O2. The Balaban J connectivity index is 1.78. The van der Waals surface area contributed by atoms with Gasteiger partial charge in [-0.1, -0.05) is 30.3 Å². The molecule has 0 aromatic heterocycles. The van der Waals surface area contributed by atoms with Gasteiger partial charge in [-0.05, 0) is 42.7 Å². The molecule has 0 atom stereocenters. The average Bonchev–Trinajstić information content (AvgIpc) is 2.71. The van der Waals surface area contributed by atoms with E-state index in [0.717, 1.165) is 5.56 Å². The number of carbonyl (C=O) groups is 1. The molecule has 150 valence electrons. The van der Waals surface area contributed by atoms with E-state index in [0.29, 0.717) is 43.3 Å². The molecule has 2 aromatic carbocycles. The Morgan fingerprint density at radius 2 is 1.93 bits per heavy atom. The van der Waals surface area contributed by atoms with Crippen molar-refractivity contribution in [1.29, 1.82) is 0 Å². The van der Waals surface area contributed by atoms with Crippen molar-refractivity contribution in [2.45, 2.75) is 19.9 Å². The van der Waals surface area contributed by atoms with Crippen LogP contribution >= 0.6 is 0 Å². The van der Waals surface area contributed by atoms with E-state index < -0.39 is 0 Å². The number of amides is 1. The maximum absolute atomic E-state index is 13.6. The summed E-state index contributed by atoms with van der Waals surface area (Å²) in [6, 6.07) is 14.3. The van der Waals surface area contributed by atoms with Crippen molar-refractivity contribution < 1.29 is 13.9 Å². The first-order valence-corrected chi connectivity index (χ1v) is 9.28. The lowest BCUT2D eigenvalue weighted by atomic mass is 10.1. The van der Waals surface area contributed by atoms with Gasteiger partial charge in [0.05, 0.1) is 0 Å². The smallest absolute Gasteiger partial charge is 0.257 e. The minimum Gasteiger partial charge on any atom is -0.484 e. The van der Waals surface area contributed by atoms with E-state index in [4.69, 9.17) is 4.74 Å². The number of halogens is 1. The number of nitrogens with zero attached hydrogens (tertiary/aromatic N) is 1. The quantitative estimate of drug-likeness (QED) is 0.456. The molecule has 0 heterocycles. The Hall–Kier alpha value is -3.09. The van der Waals surface area contributed by atoms with Crippen LogP contribution < -0.4 is 20.7 Å². The Morgan fingerprint density at radius 1 is 1.11 bits per heavy atom. The second-order valence-corrected chi connectivity index (χ2v) is 6.08. The Kier molecular flexibility index (Phi) is 8.78. The van der Waals surface area contributed by atoms with Gasteiger partial charge in [0.2, 0.25) is 0 Å². The van der Waals surface area contributed by atoms with Crippen molar-refractivity contribution in [3.05, 3.63) is 65.5 Å². The Bertz CT molecular complexity index is 795. The molecule has 0 aliphatic rings. The number of aliphatic imine (C=N–C) groups is 1. The molecule has 1 amide bonds. The van der Waals surface area contributed by atoms with Gasteiger partial charge in [0.15, 0.2) is 12.6 Å². The van der Waals surface area contributed by atoms with E-state index in [1.165, 1.54) is 6.07 Å². The van der Waals surface area contributed by atoms with Crippen molar-refractivity contribution in [3.63, 3.8) is 0 Å². The fourth-order valence-corrected chi connectivity index (χ4v) is 2.57. The highest BCUT2D eigenvalue weighted by Gasteiger charge is 2.04. The molecule has 0 unspecified atom stereocenters. The number of benzene rings is 2. The minimum absolute atomic E-state index is 0.00993. The predicted molar refractivity (Wildman–Crippen MR) is 109 cm³/mol. The van der Waals surface area contributed by atoms with Crippen LogP contribution in [0.1, 0.15) is 18.1 Å². The number of likely N-dealkylation sites (N-methyl/N-ethyl adjacent to an activating group) is 1. The van der Waals surface area contributed by atoms with Gasteiger partial charge in [0.1, 0.15) is 11.6 Å². The summed E-state index contributed by atoms with van der Waals surface area (Å²) in [6.45, 7) is 3.54. The SMILES string of the molecule is CCNC(=O)COc1cccc(CNC(=NC)NCCc2ccccc2F)c1. The lowest BCUT2D eigenvalue weighted by molar-refractivity contribution is -0.122. The molecule has 2 aromatic rings. The first-order chi connectivity index (χ1) is 13.6. The van der Waals surface area contributed by atoms with Crippen molar-refractivity contribution in [3.8, 4) is 5.75 Å². The standard InChI is InChI=1S/C21H27FN4O2/c1-3-24-20(27)15-28-18-9-6-7-16(13-18)14-26-21(23-2)25-12-11-17-8-4-5-10-19(17)22/h4-10,13H,3,11-12,14-15H2,1-2H3,(H,24,27)(H2,23,25,26). The maximum Gasteiger partial charge on any atom is 0.257 e. The molecule has 28 heavy (non-hydrogen) atoms. The number of hydrogen-bond acceptors (Lipinski definition) is 3. The summed E-state index contributed by atoms with van der Waals surface area (Å²) in [6.07, 6.45) is 0.566. The minimum atomic E-state index is -0.198. The molecule has 6 nitrogen and oxygen atoms in total. The lowest BCUT2D eigenvalue weighted by Crippen LogP contribution is -2.37. The van der Waals surface area contributed by atoms with Gasteiger partial charge in [-0.15, -0.1) is 0 Å². The Morgan fingerprint density at radius 3 is 2.68 bits per heavy atom. The third-order valence-corrected chi connectivity index (χ3v) is 3.97. The van der Waals surface area contributed by atoms with Gasteiger partial charge in [0, 0.05) is 26.7 Å². The second-order valence-electron chi connectivity index (χ2n) is 6.08. The highest BCUT2D eigenvalue weighted by atomic mass is 19.1. The first kappa shape index (κ1) is 21.2. The van der Waals surface area contributed by atoms with Crippen molar-refractivity contribution in [2.75, 3.05) is 26.7 Å². The first-order valence-electron chi connectivity index (χ1n) is 9.28. The summed E-state index contributed by atoms with van der Waals surface area (Å²) in [7, 11) is 1.68. The summed E-state index contributed by atoms with van der Waals surface area (Å²) in [4.78, 5) is 15.7. The van der Waals surface area contributed by atoms with Gasteiger partial charge in [-0.2, -0.15) is 0 Å². The Labute approximate surface area is 165 Å². The fourth-order valence-electron chi connectivity index (χ4n) is 2.57. The molecule has 0 aliphatic heterocycles. The molecule has 7 heteroatoms.